The van der Waals surface area contributed by atoms with Crippen molar-refractivity contribution in [1.82, 2.24) is 25.3 Å². The van der Waals surface area contributed by atoms with Crippen LogP contribution in [0.3, 0.4) is 0 Å². The third-order valence-corrected chi connectivity index (χ3v) is 4.24. The minimum atomic E-state index is -0.190. The third-order valence-electron chi connectivity index (χ3n) is 4.24. The van der Waals surface area contributed by atoms with Crippen molar-refractivity contribution in [3.63, 3.8) is 0 Å². The van der Waals surface area contributed by atoms with Crippen LogP contribution < -0.4 is 5.32 Å². The van der Waals surface area contributed by atoms with Crippen molar-refractivity contribution in [3.8, 4) is 0 Å². The topological polar surface area (TPSA) is 85.8 Å². The van der Waals surface area contributed by atoms with E-state index in [1.165, 1.54) is 6.39 Å². The quantitative estimate of drug-likeness (QED) is 0.914. The Hall–Kier alpha value is -2.44. The summed E-state index contributed by atoms with van der Waals surface area (Å²) in [6, 6.07) is 0.126. The minimum absolute atomic E-state index is 0.126. The molecule has 0 aliphatic heterocycles. The van der Waals surface area contributed by atoms with E-state index in [4.69, 9.17) is 4.42 Å². The number of carbonyl (C=O) groups is 1. The maximum atomic E-state index is 12.3. The maximum absolute atomic E-state index is 12.3. The Morgan fingerprint density at radius 2 is 2.39 bits per heavy atom. The first-order valence-electron chi connectivity index (χ1n) is 7.91. The van der Waals surface area contributed by atoms with Crippen LogP contribution in [0.25, 0.3) is 6.08 Å². The number of allylic oxidation sites excluding steroid dienone is 1. The lowest BCUT2D eigenvalue weighted by atomic mass is 10.0. The van der Waals surface area contributed by atoms with Crippen molar-refractivity contribution in [2.45, 2.75) is 45.7 Å². The molecule has 23 heavy (non-hydrogen) atoms. The lowest BCUT2D eigenvalue weighted by Gasteiger charge is -2.20. The Balaban J connectivity index is 1.63. The van der Waals surface area contributed by atoms with Crippen molar-refractivity contribution in [1.29, 1.82) is 0 Å². The molecule has 0 spiro atoms. The maximum Gasteiger partial charge on any atom is 0.289 e. The third kappa shape index (κ3) is 3.49. The highest BCUT2D eigenvalue weighted by molar-refractivity contribution is 5.92. The van der Waals surface area contributed by atoms with Crippen molar-refractivity contribution in [2.75, 3.05) is 0 Å². The predicted octanol–water partition coefficient (Wildman–Crippen LogP) is 2.21. The number of aryl methyl sites for hydroxylation is 1. The van der Waals surface area contributed by atoms with Crippen LogP contribution in [0.1, 0.15) is 48.1 Å². The number of oxazole rings is 1. The summed E-state index contributed by atoms with van der Waals surface area (Å²) in [6.07, 6.45) is 10.2. The molecule has 0 unspecified atom stereocenters. The summed E-state index contributed by atoms with van der Waals surface area (Å²) in [4.78, 5) is 16.2. The fourth-order valence-corrected chi connectivity index (χ4v) is 3.09. The van der Waals surface area contributed by atoms with Crippen LogP contribution >= 0.6 is 0 Å². The monoisotopic (exact) mass is 315 g/mol. The highest BCUT2D eigenvalue weighted by atomic mass is 16.3. The Morgan fingerprint density at radius 1 is 1.52 bits per heavy atom. The normalized spacial score (nSPS) is 21.1. The van der Waals surface area contributed by atoms with E-state index >= 15 is 0 Å². The number of amides is 1. The van der Waals surface area contributed by atoms with Gasteiger partial charge in [-0.25, -0.2) is 4.98 Å². The van der Waals surface area contributed by atoms with Crippen LogP contribution in [-0.2, 0) is 6.54 Å². The molecule has 1 aliphatic rings. The van der Waals surface area contributed by atoms with Crippen molar-refractivity contribution in [3.05, 3.63) is 35.8 Å². The molecule has 2 aromatic rings. The molecule has 1 amide bonds. The van der Waals surface area contributed by atoms with Gasteiger partial charge in [0.1, 0.15) is 5.69 Å². The van der Waals surface area contributed by atoms with Crippen molar-refractivity contribution < 1.29 is 9.21 Å². The van der Waals surface area contributed by atoms with Crippen molar-refractivity contribution in [2.24, 2.45) is 5.92 Å². The molecule has 0 saturated heterocycles. The smallest absolute Gasteiger partial charge is 0.289 e. The van der Waals surface area contributed by atoms with Gasteiger partial charge in [0.25, 0.3) is 5.91 Å². The van der Waals surface area contributed by atoms with Gasteiger partial charge in [0.05, 0.1) is 11.9 Å². The summed E-state index contributed by atoms with van der Waals surface area (Å²) in [5.74, 6) is 0.458. The van der Waals surface area contributed by atoms with E-state index in [0.29, 0.717) is 17.4 Å². The zero-order valence-corrected chi connectivity index (χ0v) is 13.4. The number of carbonyl (C=O) groups excluding carboxylic acids is 1. The van der Waals surface area contributed by atoms with E-state index in [2.05, 4.69) is 20.6 Å². The minimum Gasteiger partial charge on any atom is -0.438 e. The highest BCUT2D eigenvalue weighted by Crippen LogP contribution is 2.27. The van der Waals surface area contributed by atoms with E-state index in [-0.39, 0.29) is 11.9 Å². The lowest BCUT2D eigenvalue weighted by Crippen LogP contribution is -2.39. The zero-order chi connectivity index (χ0) is 16.2. The van der Waals surface area contributed by atoms with Crippen molar-refractivity contribution >= 4 is 12.0 Å². The molecule has 2 heterocycles. The standard InChI is InChI=1S/C16H21N5O2/c1-3-5-13-9-21(20-19-13)8-12-6-4-7-14(12)18-16(22)15-11(2)17-10-23-15/h3,5,9-10,12,14H,4,6-8H2,1-2H3,(H,18,22)/b5-3+/t12-,14-/m0/s1. The molecule has 1 aliphatic carbocycles. The van der Waals surface area contributed by atoms with Gasteiger partial charge in [0, 0.05) is 12.6 Å². The largest absolute Gasteiger partial charge is 0.438 e. The SMILES string of the molecule is C/C=C/c1cn(C[C@@H]2CCC[C@@H]2NC(=O)c2ocnc2C)nn1. The van der Waals surface area contributed by atoms with Crippen LogP contribution in [0.15, 0.2) is 23.1 Å². The fourth-order valence-electron chi connectivity index (χ4n) is 3.09. The Bertz CT molecular complexity index is 703. The number of rotatable bonds is 5. The van der Waals surface area contributed by atoms with E-state index in [1.807, 2.05) is 30.0 Å². The van der Waals surface area contributed by atoms with Gasteiger partial charge in [-0.3, -0.25) is 9.48 Å². The molecule has 2 aromatic heterocycles. The molecule has 3 rings (SSSR count). The van der Waals surface area contributed by atoms with Gasteiger partial charge in [0.2, 0.25) is 5.76 Å². The molecule has 0 aromatic carbocycles. The molecule has 2 atom stereocenters. The molecule has 0 bridgehead atoms. The summed E-state index contributed by atoms with van der Waals surface area (Å²) in [6.45, 7) is 4.47. The first kappa shape index (κ1) is 15.5. The fraction of sp³-hybridized carbons (Fsp3) is 0.500. The van der Waals surface area contributed by atoms with Crippen LogP contribution in [0.2, 0.25) is 0 Å². The van der Waals surface area contributed by atoms with Crippen LogP contribution in [0.5, 0.6) is 0 Å². The number of nitrogens with one attached hydrogen (secondary N) is 1. The summed E-state index contributed by atoms with van der Waals surface area (Å²) < 4.78 is 7.01. The number of nitrogens with zero attached hydrogens (tertiary/aromatic N) is 4. The Kier molecular flexibility index (Phi) is 4.55. The van der Waals surface area contributed by atoms with Gasteiger partial charge in [-0.2, -0.15) is 0 Å². The van der Waals surface area contributed by atoms with Gasteiger partial charge in [0.15, 0.2) is 6.39 Å². The second-order valence-corrected chi connectivity index (χ2v) is 5.90. The summed E-state index contributed by atoms with van der Waals surface area (Å²) >= 11 is 0. The molecule has 0 radical (unpaired) electrons. The molecule has 1 fully saturated rings. The van der Waals surface area contributed by atoms with E-state index in [1.54, 1.807) is 6.92 Å². The highest BCUT2D eigenvalue weighted by Gasteiger charge is 2.30. The van der Waals surface area contributed by atoms with Crippen LogP contribution in [-0.4, -0.2) is 31.9 Å². The van der Waals surface area contributed by atoms with Gasteiger partial charge in [-0.05, 0) is 38.7 Å². The lowest BCUT2D eigenvalue weighted by molar-refractivity contribution is 0.0896. The van der Waals surface area contributed by atoms with Gasteiger partial charge < -0.3 is 9.73 Å². The summed E-state index contributed by atoms with van der Waals surface area (Å²) in [5.41, 5.74) is 1.47. The molecule has 7 heteroatoms. The van der Waals surface area contributed by atoms with E-state index < -0.39 is 0 Å². The van der Waals surface area contributed by atoms with E-state index in [9.17, 15) is 4.79 Å². The first-order valence-corrected chi connectivity index (χ1v) is 7.91. The Labute approximate surface area is 134 Å². The van der Waals surface area contributed by atoms with Crippen LogP contribution in [0, 0.1) is 12.8 Å². The average Bonchev–Trinajstić information content (AvgIpc) is 3.23. The predicted molar refractivity (Wildman–Crippen MR) is 84.6 cm³/mol. The zero-order valence-electron chi connectivity index (χ0n) is 13.4. The first-order chi connectivity index (χ1) is 11.2. The number of hydrogen-bond donors (Lipinski definition) is 1. The molecular weight excluding hydrogens is 294 g/mol. The molecule has 1 saturated carbocycles. The van der Waals surface area contributed by atoms with Crippen LogP contribution in [0.4, 0.5) is 0 Å². The van der Waals surface area contributed by atoms with Gasteiger partial charge in [-0.15, -0.1) is 5.10 Å². The molecule has 122 valence electrons. The molecule has 1 N–H and O–H groups in total. The molecule has 7 nitrogen and oxygen atoms in total. The van der Waals surface area contributed by atoms with Gasteiger partial charge in [-0.1, -0.05) is 17.7 Å². The van der Waals surface area contributed by atoms with Gasteiger partial charge >= 0.3 is 0 Å². The summed E-state index contributed by atoms with van der Waals surface area (Å²) in [7, 11) is 0. The van der Waals surface area contributed by atoms with E-state index in [0.717, 1.165) is 31.5 Å². The average molecular weight is 315 g/mol. The second-order valence-electron chi connectivity index (χ2n) is 5.90. The number of aromatic nitrogens is 4. The number of hydrogen-bond acceptors (Lipinski definition) is 5. The molecular formula is C16H21N5O2. The Morgan fingerprint density at radius 3 is 3.13 bits per heavy atom. The summed E-state index contributed by atoms with van der Waals surface area (Å²) in [5, 5.41) is 11.3. The second kappa shape index (κ2) is 6.76.